The van der Waals surface area contributed by atoms with Crippen molar-refractivity contribution in [1.29, 1.82) is 0 Å². The second kappa shape index (κ2) is 3.05. The quantitative estimate of drug-likeness (QED) is 0.545. The zero-order valence-electron chi connectivity index (χ0n) is 7.56. The van der Waals surface area contributed by atoms with E-state index in [-0.39, 0.29) is 17.0 Å². The summed E-state index contributed by atoms with van der Waals surface area (Å²) in [6, 6.07) is 0. The van der Waals surface area contributed by atoms with Crippen LogP contribution in [0.4, 0.5) is 0 Å². The van der Waals surface area contributed by atoms with Crippen molar-refractivity contribution in [2.45, 2.75) is 42.5 Å². The SMILES string of the molecule is [Br-].[Zn+][C]12CC3CC(CC(C3)C1)C2. The molecule has 4 saturated carbocycles. The van der Waals surface area contributed by atoms with E-state index in [0.717, 1.165) is 4.01 Å². The molecule has 0 aliphatic heterocycles. The van der Waals surface area contributed by atoms with Crippen LogP contribution >= 0.6 is 0 Å². The van der Waals surface area contributed by atoms with Crippen molar-refractivity contribution in [3.8, 4) is 0 Å². The third-order valence-electron chi connectivity index (χ3n) is 4.17. The van der Waals surface area contributed by atoms with E-state index in [1.54, 1.807) is 56.8 Å². The van der Waals surface area contributed by atoms with Crippen molar-refractivity contribution in [2.75, 3.05) is 0 Å². The van der Waals surface area contributed by atoms with Gasteiger partial charge >= 0.3 is 78.6 Å². The molecule has 0 radical (unpaired) electrons. The summed E-state index contributed by atoms with van der Waals surface area (Å²) in [6.07, 6.45) is 9.70. The number of halogens is 1. The average Bonchev–Trinajstić information content (AvgIpc) is 1.79. The molecule has 0 nitrogen and oxygen atoms in total. The Kier molecular flexibility index (Phi) is 2.46. The van der Waals surface area contributed by atoms with Gasteiger partial charge < -0.3 is 17.0 Å². The minimum absolute atomic E-state index is 0. The van der Waals surface area contributed by atoms with Crippen LogP contribution in [0, 0.1) is 17.8 Å². The average molecular weight is 281 g/mol. The first kappa shape index (κ1) is 9.65. The second-order valence-electron chi connectivity index (χ2n) is 5.42. The van der Waals surface area contributed by atoms with Gasteiger partial charge in [-0.1, -0.05) is 0 Å². The second-order valence-corrected chi connectivity index (χ2v) is 8.56. The molecule has 0 spiro atoms. The van der Waals surface area contributed by atoms with Crippen molar-refractivity contribution in [2.24, 2.45) is 17.8 Å². The van der Waals surface area contributed by atoms with Crippen molar-refractivity contribution in [1.82, 2.24) is 0 Å². The van der Waals surface area contributed by atoms with Gasteiger partial charge in [-0.3, -0.25) is 0 Å². The van der Waals surface area contributed by atoms with Crippen molar-refractivity contribution in [3.63, 3.8) is 0 Å². The Morgan fingerprint density at radius 2 is 1.17 bits per heavy atom. The van der Waals surface area contributed by atoms with Crippen LogP contribution in [0.25, 0.3) is 0 Å². The Bertz CT molecular complexity index is 155. The van der Waals surface area contributed by atoms with Crippen molar-refractivity contribution < 1.29 is 35.3 Å². The van der Waals surface area contributed by atoms with E-state index in [9.17, 15) is 0 Å². The molecule has 0 saturated heterocycles. The van der Waals surface area contributed by atoms with E-state index in [2.05, 4.69) is 0 Å². The molecule has 4 aliphatic carbocycles. The maximum absolute atomic E-state index is 1.62. The molecule has 0 aromatic heterocycles. The van der Waals surface area contributed by atoms with Crippen LogP contribution in [-0.4, -0.2) is 0 Å². The fourth-order valence-electron chi connectivity index (χ4n) is 4.29. The fourth-order valence-corrected chi connectivity index (χ4v) is 6.86. The van der Waals surface area contributed by atoms with Crippen LogP contribution in [-0.2, 0) is 18.3 Å². The molecule has 12 heavy (non-hydrogen) atoms. The van der Waals surface area contributed by atoms with Crippen LogP contribution in [0.2, 0.25) is 4.01 Å². The molecule has 0 heterocycles. The fraction of sp³-hybridized carbons (Fsp3) is 1.00. The molecule has 0 unspecified atom stereocenters. The Balaban J connectivity index is 0.000000563. The molecular formula is C10H15BrZn. The van der Waals surface area contributed by atoms with E-state index in [1.807, 2.05) is 0 Å². The molecule has 4 aliphatic rings. The van der Waals surface area contributed by atoms with E-state index < -0.39 is 0 Å². The number of rotatable bonds is 0. The third kappa shape index (κ3) is 1.44. The molecule has 2 heteroatoms. The van der Waals surface area contributed by atoms with Gasteiger partial charge in [0.2, 0.25) is 0 Å². The monoisotopic (exact) mass is 278 g/mol. The van der Waals surface area contributed by atoms with Crippen LogP contribution in [0.1, 0.15) is 38.5 Å². The van der Waals surface area contributed by atoms with Crippen molar-refractivity contribution in [3.05, 3.63) is 0 Å². The van der Waals surface area contributed by atoms with E-state index in [1.165, 1.54) is 17.8 Å². The Morgan fingerprint density at radius 1 is 0.833 bits per heavy atom. The first-order valence-corrected chi connectivity index (χ1v) is 6.57. The van der Waals surface area contributed by atoms with Gasteiger partial charge in [-0.15, -0.1) is 0 Å². The van der Waals surface area contributed by atoms with E-state index >= 15 is 0 Å². The van der Waals surface area contributed by atoms with Crippen LogP contribution in [0.15, 0.2) is 0 Å². The molecule has 0 aromatic carbocycles. The number of hydrogen-bond donors (Lipinski definition) is 0. The van der Waals surface area contributed by atoms with Gasteiger partial charge in [0.25, 0.3) is 0 Å². The van der Waals surface area contributed by atoms with Gasteiger partial charge in [0, 0.05) is 0 Å². The third-order valence-corrected chi connectivity index (χ3v) is 5.98. The van der Waals surface area contributed by atoms with Gasteiger partial charge in [-0.05, 0) is 0 Å². The van der Waals surface area contributed by atoms with Gasteiger partial charge in [0.15, 0.2) is 0 Å². The molecule has 0 N–H and O–H groups in total. The van der Waals surface area contributed by atoms with Crippen LogP contribution in [0.5, 0.6) is 0 Å². The summed E-state index contributed by atoms with van der Waals surface area (Å²) in [7, 11) is 0. The maximum atomic E-state index is 1.62. The van der Waals surface area contributed by atoms with Gasteiger partial charge in [-0.2, -0.15) is 0 Å². The normalized spacial score (nSPS) is 55.3. The Labute approximate surface area is 95.3 Å². The van der Waals surface area contributed by atoms with Crippen LogP contribution in [0.3, 0.4) is 0 Å². The molecular weight excluding hydrogens is 265 g/mol. The summed E-state index contributed by atoms with van der Waals surface area (Å²) in [4.78, 5) is 0. The predicted octanol–water partition coefficient (Wildman–Crippen LogP) is -0.0741. The zero-order valence-corrected chi connectivity index (χ0v) is 12.1. The molecule has 64 valence electrons. The summed E-state index contributed by atoms with van der Waals surface area (Å²) >= 11 is 1.59. The first-order chi connectivity index (χ1) is 5.23. The molecule has 4 fully saturated rings. The summed E-state index contributed by atoms with van der Waals surface area (Å²) in [5.41, 5.74) is 0. The van der Waals surface area contributed by atoms with Gasteiger partial charge in [0.1, 0.15) is 0 Å². The summed E-state index contributed by atoms with van der Waals surface area (Å²) < 4.78 is 0.925. The summed E-state index contributed by atoms with van der Waals surface area (Å²) in [5.74, 6) is 3.53. The predicted molar refractivity (Wildman–Crippen MR) is 40.9 cm³/mol. The van der Waals surface area contributed by atoms with Gasteiger partial charge in [-0.25, -0.2) is 0 Å². The Morgan fingerprint density at radius 3 is 1.42 bits per heavy atom. The topological polar surface area (TPSA) is 0 Å². The summed E-state index contributed by atoms with van der Waals surface area (Å²) in [5, 5.41) is 0. The van der Waals surface area contributed by atoms with Gasteiger partial charge in [0.05, 0.1) is 0 Å². The Hall–Kier alpha value is 1.10. The standard InChI is InChI=1S/C10H15.BrH.Zn/c1-7-2-9-4-8(1)5-10(3-7)6-9;;/h7-9H,1-6H2;1H;/q;;+1/p-1. The molecule has 0 atom stereocenters. The molecule has 0 amide bonds. The molecule has 4 rings (SSSR count). The zero-order chi connectivity index (χ0) is 7.47. The summed E-state index contributed by atoms with van der Waals surface area (Å²) in [6.45, 7) is 0. The minimum atomic E-state index is 0. The van der Waals surface area contributed by atoms with Crippen molar-refractivity contribution >= 4 is 0 Å². The molecule has 4 bridgehead atoms. The van der Waals surface area contributed by atoms with E-state index in [0.29, 0.717) is 0 Å². The van der Waals surface area contributed by atoms with E-state index in [4.69, 9.17) is 0 Å². The first-order valence-electron chi connectivity index (χ1n) is 5.09. The number of hydrogen-bond acceptors (Lipinski definition) is 0. The molecule has 0 aromatic rings. The van der Waals surface area contributed by atoms with Crippen LogP contribution < -0.4 is 17.0 Å².